The Morgan fingerprint density at radius 2 is 2.17 bits per heavy atom. The Morgan fingerprint density at radius 1 is 1.39 bits per heavy atom. The molecule has 3 heterocycles. The summed E-state index contributed by atoms with van der Waals surface area (Å²) in [7, 11) is 0. The van der Waals surface area contributed by atoms with E-state index >= 15 is 0 Å². The van der Waals surface area contributed by atoms with Crippen molar-refractivity contribution in [2.45, 2.75) is 26.4 Å². The maximum atomic E-state index is 12.3. The topological polar surface area (TPSA) is 101 Å². The van der Waals surface area contributed by atoms with Crippen LogP contribution in [-0.2, 0) is 6.54 Å². The molecule has 1 unspecified atom stereocenters. The van der Waals surface area contributed by atoms with Crippen LogP contribution in [0.1, 0.15) is 36.2 Å². The maximum absolute atomic E-state index is 12.3. The zero-order valence-corrected chi connectivity index (χ0v) is 12.9. The highest BCUT2D eigenvalue weighted by Gasteiger charge is 2.18. The van der Waals surface area contributed by atoms with Gasteiger partial charge in [-0.05, 0) is 32.0 Å². The molecule has 0 aliphatic heterocycles. The Kier molecular flexibility index (Phi) is 4.13. The average molecular weight is 311 g/mol. The summed E-state index contributed by atoms with van der Waals surface area (Å²) in [5.41, 5.74) is 1.99. The second-order valence-corrected chi connectivity index (χ2v) is 5.07. The van der Waals surface area contributed by atoms with Gasteiger partial charge < -0.3 is 9.88 Å². The molecule has 8 nitrogen and oxygen atoms in total. The fourth-order valence-electron chi connectivity index (χ4n) is 2.29. The number of carbonyl (C=O) groups excluding carboxylic acids is 1. The fraction of sp³-hybridized carbons (Fsp3) is 0.267. The molecule has 8 heteroatoms. The molecule has 0 spiro atoms. The zero-order valence-electron chi connectivity index (χ0n) is 12.9. The van der Waals surface area contributed by atoms with Crippen LogP contribution in [0.4, 0.5) is 0 Å². The van der Waals surface area contributed by atoms with Crippen LogP contribution < -0.4 is 5.32 Å². The number of amides is 1. The number of pyridine rings is 1. The quantitative estimate of drug-likeness (QED) is 0.745. The molecule has 0 aliphatic rings. The van der Waals surface area contributed by atoms with Gasteiger partial charge in [-0.25, -0.2) is 0 Å². The van der Waals surface area contributed by atoms with Crippen LogP contribution in [0.3, 0.4) is 0 Å². The van der Waals surface area contributed by atoms with Crippen molar-refractivity contribution in [2.75, 3.05) is 0 Å². The monoisotopic (exact) mass is 311 g/mol. The summed E-state index contributed by atoms with van der Waals surface area (Å²) in [6.07, 6.45) is 5.02. The summed E-state index contributed by atoms with van der Waals surface area (Å²) >= 11 is 0. The standard InChI is InChI=1S/C15H17N7O/c1-3-22-9-17-21-14(22)10(2)18-15(23)13-8-12(19-20-13)11-4-6-16-7-5-11/h4-10H,3H2,1-2H3,(H,18,23)(H,19,20). The van der Waals surface area contributed by atoms with E-state index in [1.165, 1.54) is 0 Å². The molecule has 3 aromatic rings. The summed E-state index contributed by atoms with van der Waals surface area (Å²) in [4.78, 5) is 16.3. The number of aromatic amines is 1. The van der Waals surface area contributed by atoms with Gasteiger partial charge >= 0.3 is 0 Å². The van der Waals surface area contributed by atoms with Crippen LogP contribution in [0.2, 0.25) is 0 Å². The van der Waals surface area contributed by atoms with Gasteiger partial charge in [-0.2, -0.15) is 5.10 Å². The molecule has 0 aromatic carbocycles. The van der Waals surface area contributed by atoms with Crippen molar-refractivity contribution in [1.82, 2.24) is 35.3 Å². The highest BCUT2D eigenvalue weighted by molar-refractivity contribution is 5.93. The lowest BCUT2D eigenvalue weighted by atomic mass is 10.2. The predicted octanol–water partition coefficient (Wildman–Crippen LogP) is 1.57. The largest absolute Gasteiger partial charge is 0.341 e. The predicted molar refractivity (Wildman–Crippen MR) is 83.4 cm³/mol. The van der Waals surface area contributed by atoms with E-state index in [1.807, 2.05) is 30.5 Å². The summed E-state index contributed by atoms with van der Waals surface area (Å²) in [5.74, 6) is 0.477. The van der Waals surface area contributed by atoms with Crippen LogP contribution in [0.25, 0.3) is 11.3 Å². The number of nitrogens with one attached hydrogen (secondary N) is 2. The van der Waals surface area contributed by atoms with Crippen molar-refractivity contribution in [2.24, 2.45) is 0 Å². The van der Waals surface area contributed by atoms with Crippen molar-refractivity contribution in [3.05, 3.63) is 48.4 Å². The number of carbonyl (C=O) groups is 1. The van der Waals surface area contributed by atoms with Gasteiger partial charge in [0.15, 0.2) is 5.82 Å². The van der Waals surface area contributed by atoms with Gasteiger partial charge in [-0.3, -0.25) is 14.9 Å². The molecular formula is C15H17N7O. The van der Waals surface area contributed by atoms with Crippen LogP contribution in [-0.4, -0.2) is 35.9 Å². The number of rotatable bonds is 5. The first-order valence-corrected chi connectivity index (χ1v) is 7.33. The van der Waals surface area contributed by atoms with Crippen LogP contribution in [0.15, 0.2) is 36.9 Å². The van der Waals surface area contributed by atoms with Gasteiger partial charge in [0, 0.05) is 24.5 Å². The smallest absolute Gasteiger partial charge is 0.269 e. The molecule has 3 rings (SSSR count). The second-order valence-electron chi connectivity index (χ2n) is 5.07. The number of hydrogen-bond donors (Lipinski definition) is 2. The minimum atomic E-state index is -0.252. The molecule has 0 saturated carbocycles. The van der Waals surface area contributed by atoms with Crippen LogP contribution in [0.5, 0.6) is 0 Å². The molecule has 0 fully saturated rings. The van der Waals surface area contributed by atoms with Crippen molar-refractivity contribution in [3.63, 3.8) is 0 Å². The van der Waals surface area contributed by atoms with Crippen molar-refractivity contribution in [3.8, 4) is 11.3 Å². The first-order valence-electron chi connectivity index (χ1n) is 7.33. The number of aryl methyl sites for hydroxylation is 1. The molecule has 0 saturated heterocycles. The minimum Gasteiger partial charge on any atom is -0.341 e. The van der Waals surface area contributed by atoms with E-state index in [0.29, 0.717) is 11.4 Å². The van der Waals surface area contributed by atoms with Gasteiger partial charge in [0.1, 0.15) is 12.0 Å². The maximum Gasteiger partial charge on any atom is 0.269 e. The van der Waals surface area contributed by atoms with Crippen LogP contribution in [0, 0.1) is 0 Å². The summed E-state index contributed by atoms with van der Waals surface area (Å²) in [6, 6.07) is 5.13. The van der Waals surface area contributed by atoms with Gasteiger partial charge in [-0.15, -0.1) is 10.2 Å². The molecule has 0 bridgehead atoms. The van der Waals surface area contributed by atoms with E-state index in [-0.39, 0.29) is 11.9 Å². The Balaban J connectivity index is 1.73. The third-order valence-corrected chi connectivity index (χ3v) is 3.52. The first kappa shape index (κ1) is 14.9. The third-order valence-electron chi connectivity index (χ3n) is 3.52. The van der Waals surface area contributed by atoms with Gasteiger partial charge in [0.05, 0.1) is 11.7 Å². The van der Waals surface area contributed by atoms with E-state index in [9.17, 15) is 4.79 Å². The molecule has 0 radical (unpaired) electrons. The minimum absolute atomic E-state index is 0.240. The fourth-order valence-corrected chi connectivity index (χ4v) is 2.29. The highest BCUT2D eigenvalue weighted by atomic mass is 16.2. The molecule has 2 N–H and O–H groups in total. The van der Waals surface area contributed by atoms with Crippen molar-refractivity contribution in [1.29, 1.82) is 0 Å². The van der Waals surface area contributed by atoms with Crippen molar-refractivity contribution >= 4 is 5.91 Å². The molecule has 118 valence electrons. The normalized spacial score (nSPS) is 12.1. The van der Waals surface area contributed by atoms with E-state index in [2.05, 4.69) is 30.7 Å². The zero-order chi connectivity index (χ0) is 16.2. The summed E-state index contributed by atoms with van der Waals surface area (Å²) < 4.78 is 1.89. The molecule has 23 heavy (non-hydrogen) atoms. The number of nitrogens with zero attached hydrogens (tertiary/aromatic N) is 5. The average Bonchev–Trinajstić information content (AvgIpc) is 3.24. The van der Waals surface area contributed by atoms with Gasteiger partial charge in [-0.1, -0.05) is 0 Å². The lowest BCUT2D eigenvalue weighted by molar-refractivity contribution is 0.0932. The van der Waals surface area contributed by atoms with Crippen LogP contribution >= 0.6 is 0 Å². The molecule has 1 amide bonds. The SMILES string of the molecule is CCn1cnnc1C(C)NC(=O)c1cc(-c2ccncc2)n[nH]1. The number of hydrogen-bond acceptors (Lipinski definition) is 5. The highest BCUT2D eigenvalue weighted by Crippen LogP contribution is 2.17. The molecule has 3 aromatic heterocycles. The second kappa shape index (κ2) is 6.39. The van der Waals surface area contributed by atoms with Crippen molar-refractivity contribution < 1.29 is 4.79 Å². The van der Waals surface area contributed by atoms with Gasteiger partial charge in [0.25, 0.3) is 5.91 Å². The van der Waals surface area contributed by atoms with Gasteiger partial charge in [0.2, 0.25) is 0 Å². The number of aromatic nitrogens is 6. The Labute approximate surface area is 133 Å². The number of H-pyrrole nitrogens is 1. The lowest BCUT2D eigenvalue weighted by Crippen LogP contribution is -2.29. The molecule has 0 aliphatic carbocycles. The molecule has 1 atom stereocenters. The Bertz CT molecular complexity index is 793. The summed E-state index contributed by atoms with van der Waals surface area (Å²) in [6.45, 7) is 4.62. The van der Waals surface area contributed by atoms with E-state index < -0.39 is 0 Å². The first-order chi connectivity index (χ1) is 11.2. The lowest BCUT2D eigenvalue weighted by Gasteiger charge is -2.13. The molecular weight excluding hydrogens is 294 g/mol. The van der Waals surface area contributed by atoms with E-state index in [1.54, 1.807) is 24.8 Å². The van der Waals surface area contributed by atoms with E-state index in [4.69, 9.17) is 0 Å². The summed E-state index contributed by atoms with van der Waals surface area (Å²) in [5, 5.41) is 17.7. The Hall–Kier alpha value is -3.03. The third kappa shape index (κ3) is 3.10. The Morgan fingerprint density at radius 3 is 2.91 bits per heavy atom. The van der Waals surface area contributed by atoms with E-state index in [0.717, 1.165) is 17.9 Å².